The Bertz CT molecular complexity index is 1220. The van der Waals surface area contributed by atoms with Crippen molar-refractivity contribution in [2.75, 3.05) is 31.5 Å². The molecule has 0 bridgehead atoms. The average molecular weight is 467 g/mol. The molecule has 0 saturated carbocycles. The van der Waals surface area contributed by atoms with E-state index in [4.69, 9.17) is 0 Å². The number of benzene rings is 1. The van der Waals surface area contributed by atoms with E-state index in [2.05, 4.69) is 52.6 Å². The van der Waals surface area contributed by atoms with Gasteiger partial charge in [-0.3, -0.25) is 4.90 Å². The highest BCUT2D eigenvalue weighted by Crippen LogP contribution is 2.25. The Balaban J connectivity index is 0.00000259. The lowest BCUT2D eigenvalue weighted by Gasteiger charge is -2.27. The molecule has 4 heterocycles. The van der Waals surface area contributed by atoms with E-state index in [1.807, 2.05) is 24.4 Å². The highest BCUT2D eigenvalue weighted by Gasteiger charge is 2.12. The van der Waals surface area contributed by atoms with E-state index >= 15 is 0 Å². The van der Waals surface area contributed by atoms with E-state index in [9.17, 15) is 5.11 Å². The van der Waals surface area contributed by atoms with Gasteiger partial charge in [-0.2, -0.15) is 0 Å². The Morgan fingerprint density at radius 1 is 1.09 bits per heavy atom. The number of fused-ring (bicyclic) bond motifs is 1. The molecule has 33 heavy (non-hydrogen) atoms. The van der Waals surface area contributed by atoms with Gasteiger partial charge in [0.25, 0.3) is 0 Å². The number of aromatic nitrogens is 5. The van der Waals surface area contributed by atoms with Gasteiger partial charge in [-0.1, -0.05) is 6.07 Å². The van der Waals surface area contributed by atoms with Crippen LogP contribution >= 0.6 is 12.4 Å². The van der Waals surface area contributed by atoms with Crippen molar-refractivity contribution in [3.63, 3.8) is 0 Å². The van der Waals surface area contributed by atoms with Crippen LogP contribution in [-0.2, 0) is 6.54 Å². The molecule has 0 aliphatic carbocycles. The zero-order valence-corrected chi connectivity index (χ0v) is 19.1. The zero-order chi connectivity index (χ0) is 21.9. The predicted molar refractivity (Wildman–Crippen MR) is 131 cm³/mol. The second kappa shape index (κ2) is 10.2. The molecule has 1 saturated heterocycles. The van der Waals surface area contributed by atoms with Crippen LogP contribution in [0, 0.1) is 0 Å². The minimum absolute atomic E-state index is 0. The summed E-state index contributed by atoms with van der Waals surface area (Å²) in [5.74, 6) is 1.39. The van der Waals surface area contributed by atoms with Crippen LogP contribution in [0.4, 0.5) is 11.8 Å². The highest BCUT2D eigenvalue weighted by molar-refractivity contribution is 5.85. The molecule has 1 atom stereocenters. The summed E-state index contributed by atoms with van der Waals surface area (Å²) in [6.07, 6.45) is 2.66. The minimum atomic E-state index is -0.640. The number of rotatable bonds is 6. The van der Waals surface area contributed by atoms with E-state index in [1.54, 1.807) is 13.0 Å². The molecule has 1 unspecified atom stereocenters. The summed E-state index contributed by atoms with van der Waals surface area (Å²) < 4.78 is 0. The van der Waals surface area contributed by atoms with Gasteiger partial charge in [0, 0.05) is 44.5 Å². The molecular formula is C23H27ClN8O. The Hall–Kier alpha value is -3.11. The largest absolute Gasteiger partial charge is 0.387 e. The first-order valence-corrected chi connectivity index (χ1v) is 10.8. The van der Waals surface area contributed by atoms with Gasteiger partial charge in [0.05, 0.1) is 28.5 Å². The fraction of sp³-hybridized carbons (Fsp3) is 0.304. The van der Waals surface area contributed by atoms with E-state index < -0.39 is 6.10 Å². The number of aliphatic hydroxyl groups is 1. The second-order valence-electron chi connectivity index (χ2n) is 8.02. The van der Waals surface area contributed by atoms with Gasteiger partial charge in [-0.25, -0.2) is 19.9 Å². The fourth-order valence-electron chi connectivity index (χ4n) is 3.88. The zero-order valence-electron chi connectivity index (χ0n) is 18.3. The summed E-state index contributed by atoms with van der Waals surface area (Å²) >= 11 is 0. The molecule has 4 aromatic rings. The summed E-state index contributed by atoms with van der Waals surface area (Å²) in [6.45, 7) is 6.79. The minimum Gasteiger partial charge on any atom is -0.387 e. The molecule has 9 nitrogen and oxygen atoms in total. The third-order valence-electron chi connectivity index (χ3n) is 5.58. The molecule has 0 amide bonds. The van der Waals surface area contributed by atoms with Crippen molar-refractivity contribution >= 4 is 35.2 Å². The van der Waals surface area contributed by atoms with Gasteiger partial charge >= 0.3 is 0 Å². The lowest BCUT2D eigenvalue weighted by molar-refractivity contribution is 0.194. The van der Waals surface area contributed by atoms with Crippen molar-refractivity contribution < 1.29 is 5.11 Å². The van der Waals surface area contributed by atoms with Crippen molar-refractivity contribution in [1.29, 1.82) is 0 Å². The van der Waals surface area contributed by atoms with Crippen LogP contribution in [0.3, 0.4) is 0 Å². The monoisotopic (exact) mass is 466 g/mol. The third kappa shape index (κ3) is 5.45. The van der Waals surface area contributed by atoms with Gasteiger partial charge in [-0.05, 0) is 42.8 Å². The van der Waals surface area contributed by atoms with Crippen LogP contribution in [0.1, 0.15) is 24.3 Å². The first-order chi connectivity index (χ1) is 15.6. The molecule has 1 aliphatic heterocycles. The van der Waals surface area contributed by atoms with Gasteiger partial charge < -0.3 is 20.7 Å². The van der Waals surface area contributed by atoms with Crippen molar-refractivity contribution in [1.82, 2.24) is 35.1 Å². The normalized spacial score (nSPS) is 15.2. The maximum absolute atomic E-state index is 9.80. The lowest BCUT2D eigenvalue weighted by atomic mass is 10.1. The van der Waals surface area contributed by atoms with Crippen LogP contribution in [0.25, 0.3) is 22.3 Å². The van der Waals surface area contributed by atoms with E-state index in [1.165, 1.54) is 11.9 Å². The molecule has 4 N–H and O–H groups in total. The van der Waals surface area contributed by atoms with Gasteiger partial charge in [-0.15, -0.1) is 12.4 Å². The molecular weight excluding hydrogens is 440 g/mol. The maximum Gasteiger partial charge on any atom is 0.206 e. The number of nitrogens with one attached hydrogen (secondary N) is 3. The van der Waals surface area contributed by atoms with Crippen molar-refractivity contribution in [3.05, 3.63) is 60.2 Å². The summed E-state index contributed by atoms with van der Waals surface area (Å²) in [5, 5.41) is 16.5. The summed E-state index contributed by atoms with van der Waals surface area (Å²) in [4.78, 5) is 23.3. The van der Waals surface area contributed by atoms with E-state index in [-0.39, 0.29) is 12.4 Å². The van der Waals surface area contributed by atoms with E-state index in [0.29, 0.717) is 11.6 Å². The molecule has 3 aromatic heterocycles. The molecule has 1 fully saturated rings. The Labute approximate surface area is 198 Å². The molecule has 1 aliphatic rings. The standard InChI is InChI=1S/C23H26N8O.ClH/c1-15(32)19-12-20(27-14-26-19)17-2-3-18-21(11-17)29-23(28-18)30-22-10-16(4-5-25-22)13-31-8-6-24-7-9-31;/h2-5,10-12,14-15,24,32H,6-9,13H2,1H3,(H2,25,28,29,30);1H. The average Bonchev–Trinajstić information content (AvgIpc) is 3.21. The topological polar surface area (TPSA) is 115 Å². The molecule has 5 rings (SSSR count). The highest BCUT2D eigenvalue weighted by atomic mass is 35.5. The SMILES string of the molecule is CC(O)c1cc(-c2ccc3nc(Nc4cc(CN5CCNCC5)ccn4)[nH]c3c2)ncn1.Cl. The lowest BCUT2D eigenvalue weighted by Crippen LogP contribution is -2.42. The second-order valence-corrected chi connectivity index (χ2v) is 8.02. The predicted octanol–water partition coefficient (Wildman–Crippen LogP) is 3.04. The molecule has 0 radical (unpaired) electrons. The van der Waals surface area contributed by atoms with Crippen molar-refractivity contribution in [2.24, 2.45) is 0 Å². The smallest absolute Gasteiger partial charge is 0.206 e. The third-order valence-corrected chi connectivity index (χ3v) is 5.58. The number of pyridine rings is 1. The number of anilines is 2. The maximum atomic E-state index is 9.80. The van der Waals surface area contributed by atoms with Crippen molar-refractivity contribution in [2.45, 2.75) is 19.6 Å². The van der Waals surface area contributed by atoms with Gasteiger partial charge in [0.1, 0.15) is 12.1 Å². The van der Waals surface area contributed by atoms with Crippen LogP contribution in [0.2, 0.25) is 0 Å². The number of nitrogens with zero attached hydrogens (tertiary/aromatic N) is 5. The van der Waals surface area contributed by atoms with Crippen molar-refractivity contribution in [3.8, 4) is 11.3 Å². The Morgan fingerprint density at radius 2 is 1.94 bits per heavy atom. The van der Waals surface area contributed by atoms with Gasteiger partial charge in [0.2, 0.25) is 5.95 Å². The first kappa shape index (κ1) is 23.1. The molecule has 1 aromatic carbocycles. The summed E-state index contributed by atoms with van der Waals surface area (Å²) in [5.41, 5.74) is 5.23. The Morgan fingerprint density at radius 3 is 2.76 bits per heavy atom. The number of piperazine rings is 1. The van der Waals surface area contributed by atoms with Crippen LogP contribution in [0.15, 0.2) is 48.9 Å². The first-order valence-electron chi connectivity index (χ1n) is 10.8. The van der Waals surface area contributed by atoms with Crippen LogP contribution in [0.5, 0.6) is 0 Å². The van der Waals surface area contributed by atoms with Crippen LogP contribution in [-0.4, -0.2) is 61.1 Å². The summed E-state index contributed by atoms with van der Waals surface area (Å²) in [7, 11) is 0. The quantitative estimate of drug-likeness (QED) is 0.343. The molecule has 0 spiro atoms. The molecule has 172 valence electrons. The fourth-order valence-corrected chi connectivity index (χ4v) is 3.88. The van der Waals surface area contributed by atoms with E-state index in [0.717, 1.165) is 60.8 Å². The van der Waals surface area contributed by atoms with Gasteiger partial charge in [0.15, 0.2) is 0 Å². The number of hydrogen-bond donors (Lipinski definition) is 4. The summed E-state index contributed by atoms with van der Waals surface area (Å²) in [6, 6.07) is 11.8. The number of hydrogen-bond acceptors (Lipinski definition) is 8. The number of H-pyrrole nitrogens is 1. The van der Waals surface area contributed by atoms with Crippen LogP contribution < -0.4 is 10.6 Å². The number of halogens is 1. The number of imidazole rings is 1. The molecule has 10 heteroatoms. The number of aromatic amines is 1. The Kier molecular flexibility index (Phi) is 7.14. The number of aliphatic hydroxyl groups excluding tert-OH is 1.